The average Bonchev–Trinajstić information content (AvgIpc) is 2.53. The summed E-state index contributed by atoms with van der Waals surface area (Å²) in [5.74, 6) is 0. The SMILES string of the molecule is CCCCCCCCCC=CC=CO[Si](CC)(CC)CC. The predicted octanol–water partition coefficient (Wildman–Crippen LogP) is 7.22. The van der Waals surface area contributed by atoms with E-state index in [2.05, 4.69) is 45.9 Å². The number of hydrogen-bond acceptors (Lipinski definition) is 1. The van der Waals surface area contributed by atoms with Gasteiger partial charge in [-0.2, -0.15) is 0 Å². The van der Waals surface area contributed by atoms with Crippen LogP contribution in [0.25, 0.3) is 0 Å². The molecule has 21 heavy (non-hydrogen) atoms. The Bertz CT molecular complexity index is 258. The molecule has 0 amide bonds. The van der Waals surface area contributed by atoms with Crippen molar-refractivity contribution in [2.24, 2.45) is 0 Å². The normalized spacial score (nSPS) is 12.6. The maximum Gasteiger partial charge on any atom is 0.249 e. The molecule has 0 bridgehead atoms. The first-order valence-corrected chi connectivity index (χ1v) is 11.8. The van der Waals surface area contributed by atoms with Crippen molar-refractivity contribution in [3.63, 3.8) is 0 Å². The average molecular weight is 311 g/mol. The predicted molar refractivity (Wildman–Crippen MR) is 99.2 cm³/mol. The number of unbranched alkanes of at least 4 members (excludes halogenated alkanes) is 7. The molecule has 0 aliphatic rings. The lowest BCUT2D eigenvalue weighted by Gasteiger charge is -2.26. The molecule has 0 heterocycles. The monoisotopic (exact) mass is 310 g/mol. The van der Waals surface area contributed by atoms with Crippen molar-refractivity contribution >= 4 is 8.32 Å². The molecule has 124 valence electrons. The van der Waals surface area contributed by atoms with Gasteiger partial charge in [0, 0.05) is 0 Å². The molecule has 0 aliphatic carbocycles. The first-order chi connectivity index (χ1) is 10.2. The number of allylic oxidation sites excluding steroid dienone is 3. The molecule has 0 aromatic carbocycles. The molecule has 0 atom stereocenters. The number of hydrogen-bond donors (Lipinski definition) is 0. The summed E-state index contributed by atoms with van der Waals surface area (Å²) in [4.78, 5) is 0. The van der Waals surface area contributed by atoms with Crippen molar-refractivity contribution in [3.05, 3.63) is 24.5 Å². The molecule has 0 fully saturated rings. The van der Waals surface area contributed by atoms with Gasteiger partial charge in [0.25, 0.3) is 0 Å². The molecule has 0 N–H and O–H groups in total. The quantitative estimate of drug-likeness (QED) is 0.142. The van der Waals surface area contributed by atoms with Crippen LogP contribution in [0, 0.1) is 0 Å². The van der Waals surface area contributed by atoms with Crippen molar-refractivity contribution < 1.29 is 4.43 Å². The fourth-order valence-electron chi connectivity index (χ4n) is 2.62. The largest absolute Gasteiger partial charge is 0.549 e. The van der Waals surface area contributed by atoms with Gasteiger partial charge in [-0.1, -0.05) is 78.4 Å². The smallest absolute Gasteiger partial charge is 0.249 e. The van der Waals surface area contributed by atoms with E-state index in [4.69, 9.17) is 4.43 Å². The van der Waals surface area contributed by atoms with Crippen LogP contribution in [0.1, 0.15) is 79.1 Å². The fraction of sp³-hybridized carbons (Fsp3) is 0.789. The lowest BCUT2D eigenvalue weighted by atomic mass is 10.1. The lowest BCUT2D eigenvalue weighted by Crippen LogP contribution is -2.33. The minimum absolute atomic E-state index is 1.20. The zero-order chi connectivity index (χ0) is 15.8. The maximum atomic E-state index is 6.07. The van der Waals surface area contributed by atoms with E-state index in [-0.39, 0.29) is 0 Å². The third-order valence-electron chi connectivity index (χ3n) is 4.55. The van der Waals surface area contributed by atoms with Gasteiger partial charge in [0.15, 0.2) is 0 Å². The Balaban J connectivity index is 3.61. The molecule has 0 saturated carbocycles. The zero-order valence-electron chi connectivity index (χ0n) is 15.0. The van der Waals surface area contributed by atoms with Gasteiger partial charge < -0.3 is 4.43 Å². The second-order valence-electron chi connectivity index (χ2n) is 6.03. The Kier molecular flexibility index (Phi) is 14.1. The second-order valence-corrected chi connectivity index (χ2v) is 10.8. The van der Waals surface area contributed by atoms with E-state index in [0.29, 0.717) is 0 Å². The van der Waals surface area contributed by atoms with E-state index < -0.39 is 8.32 Å². The van der Waals surface area contributed by atoms with E-state index in [1.165, 1.54) is 69.5 Å². The molecule has 2 heteroatoms. The highest BCUT2D eigenvalue weighted by atomic mass is 28.4. The summed E-state index contributed by atoms with van der Waals surface area (Å²) in [5, 5.41) is 0. The topological polar surface area (TPSA) is 9.23 Å². The van der Waals surface area contributed by atoms with Crippen molar-refractivity contribution in [3.8, 4) is 0 Å². The Morgan fingerprint density at radius 2 is 1.29 bits per heavy atom. The van der Waals surface area contributed by atoms with Crippen molar-refractivity contribution in [1.29, 1.82) is 0 Å². The molecule has 0 aliphatic heterocycles. The molecular weight excluding hydrogens is 272 g/mol. The van der Waals surface area contributed by atoms with E-state index in [1.54, 1.807) is 0 Å². The van der Waals surface area contributed by atoms with Gasteiger partial charge in [-0.3, -0.25) is 0 Å². The Hall–Kier alpha value is -0.503. The van der Waals surface area contributed by atoms with Crippen LogP contribution in [0.4, 0.5) is 0 Å². The lowest BCUT2D eigenvalue weighted by molar-refractivity contribution is 0.458. The Morgan fingerprint density at radius 3 is 1.86 bits per heavy atom. The molecule has 0 unspecified atom stereocenters. The summed E-state index contributed by atoms with van der Waals surface area (Å²) in [6, 6.07) is 3.64. The van der Waals surface area contributed by atoms with E-state index in [1.807, 2.05) is 6.26 Å². The number of rotatable bonds is 14. The summed E-state index contributed by atoms with van der Waals surface area (Å²) in [6.45, 7) is 9.08. The van der Waals surface area contributed by atoms with Crippen LogP contribution < -0.4 is 0 Å². The highest BCUT2D eigenvalue weighted by molar-refractivity contribution is 6.73. The van der Waals surface area contributed by atoms with Gasteiger partial charge in [-0.05, 0) is 37.0 Å². The van der Waals surface area contributed by atoms with Gasteiger partial charge in [0.05, 0.1) is 6.26 Å². The van der Waals surface area contributed by atoms with Crippen LogP contribution in [0.2, 0.25) is 18.1 Å². The van der Waals surface area contributed by atoms with Gasteiger partial charge in [-0.25, -0.2) is 0 Å². The van der Waals surface area contributed by atoms with Crippen LogP contribution >= 0.6 is 0 Å². The first-order valence-electron chi connectivity index (χ1n) is 9.24. The summed E-state index contributed by atoms with van der Waals surface area (Å²) < 4.78 is 6.07. The molecule has 0 aromatic heterocycles. The summed E-state index contributed by atoms with van der Waals surface area (Å²) >= 11 is 0. The van der Waals surface area contributed by atoms with Gasteiger partial charge >= 0.3 is 0 Å². The summed E-state index contributed by atoms with van der Waals surface area (Å²) in [7, 11) is -1.44. The maximum absolute atomic E-state index is 6.07. The Labute approximate surface area is 135 Å². The van der Waals surface area contributed by atoms with Crippen LogP contribution in [0.5, 0.6) is 0 Å². The molecule has 0 spiro atoms. The third-order valence-corrected chi connectivity index (χ3v) is 9.05. The molecule has 0 aromatic rings. The molecule has 0 rings (SSSR count). The van der Waals surface area contributed by atoms with E-state index in [9.17, 15) is 0 Å². The van der Waals surface area contributed by atoms with Crippen LogP contribution in [-0.2, 0) is 4.43 Å². The summed E-state index contributed by atoms with van der Waals surface area (Å²) in [6.07, 6.45) is 19.3. The molecule has 0 radical (unpaired) electrons. The van der Waals surface area contributed by atoms with Crippen LogP contribution in [-0.4, -0.2) is 8.32 Å². The first kappa shape index (κ1) is 20.5. The van der Waals surface area contributed by atoms with Gasteiger partial charge in [0.2, 0.25) is 8.32 Å². The van der Waals surface area contributed by atoms with Crippen molar-refractivity contribution in [1.82, 2.24) is 0 Å². The van der Waals surface area contributed by atoms with Crippen LogP contribution in [0.15, 0.2) is 24.5 Å². The van der Waals surface area contributed by atoms with Crippen molar-refractivity contribution in [2.45, 2.75) is 97.2 Å². The third kappa shape index (κ3) is 10.8. The van der Waals surface area contributed by atoms with Crippen molar-refractivity contribution in [2.75, 3.05) is 0 Å². The zero-order valence-corrected chi connectivity index (χ0v) is 16.0. The van der Waals surface area contributed by atoms with Gasteiger partial charge in [-0.15, -0.1) is 0 Å². The van der Waals surface area contributed by atoms with E-state index in [0.717, 1.165) is 0 Å². The standard InChI is InChI=1S/C19H38OSi/c1-5-9-10-11-12-13-14-15-16-17-18-19-20-21(6-2,7-3)8-4/h16-19H,5-15H2,1-4H3. The molecule has 0 saturated heterocycles. The highest BCUT2D eigenvalue weighted by Crippen LogP contribution is 2.21. The summed E-state index contributed by atoms with van der Waals surface area (Å²) in [5.41, 5.74) is 0. The second kappa shape index (κ2) is 14.4. The fourth-order valence-corrected chi connectivity index (χ4v) is 4.99. The van der Waals surface area contributed by atoms with Crippen LogP contribution in [0.3, 0.4) is 0 Å². The Morgan fingerprint density at radius 1 is 0.714 bits per heavy atom. The highest BCUT2D eigenvalue weighted by Gasteiger charge is 2.28. The molecule has 1 nitrogen and oxygen atoms in total. The minimum atomic E-state index is -1.44. The minimum Gasteiger partial charge on any atom is -0.549 e. The van der Waals surface area contributed by atoms with E-state index >= 15 is 0 Å². The van der Waals surface area contributed by atoms with Gasteiger partial charge in [0.1, 0.15) is 0 Å². The molecular formula is C19H38OSi.